The minimum absolute atomic E-state index is 0.128. The summed E-state index contributed by atoms with van der Waals surface area (Å²) >= 11 is 7.19. The van der Waals surface area contributed by atoms with Gasteiger partial charge in [0, 0.05) is 35.3 Å². The second kappa shape index (κ2) is 10.2. The van der Waals surface area contributed by atoms with E-state index in [1.165, 1.54) is 11.8 Å². The first-order valence-corrected chi connectivity index (χ1v) is 10.1. The van der Waals surface area contributed by atoms with Crippen LogP contribution in [0.5, 0.6) is 0 Å². The van der Waals surface area contributed by atoms with Gasteiger partial charge < -0.3 is 10.1 Å². The molecule has 0 saturated carbocycles. The van der Waals surface area contributed by atoms with Gasteiger partial charge in [-0.05, 0) is 43.3 Å². The highest BCUT2D eigenvalue weighted by Gasteiger charge is 2.15. The summed E-state index contributed by atoms with van der Waals surface area (Å²) in [5.74, 6) is 0.811. The maximum absolute atomic E-state index is 12.3. The molecule has 0 fully saturated rings. The number of hydrogen-bond donors (Lipinski definition) is 1. The van der Waals surface area contributed by atoms with Gasteiger partial charge in [0.2, 0.25) is 5.91 Å². The number of carbonyl (C=O) groups is 1. The zero-order valence-electron chi connectivity index (χ0n) is 15.3. The van der Waals surface area contributed by atoms with Gasteiger partial charge in [0.05, 0.1) is 18.9 Å². The molecule has 0 aliphatic heterocycles. The molecule has 3 rings (SSSR count). The highest BCUT2D eigenvalue weighted by atomic mass is 35.5. The molecule has 0 aliphatic carbocycles. The number of ether oxygens (including phenoxy) is 1. The molecule has 1 amide bonds. The Morgan fingerprint density at radius 1 is 1.18 bits per heavy atom. The molecule has 0 unspecified atom stereocenters. The quantitative estimate of drug-likeness (QED) is 0.421. The zero-order valence-corrected chi connectivity index (χ0v) is 16.9. The topological polar surface area (TPSA) is 81.9 Å². The second-order valence-corrected chi connectivity index (χ2v) is 7.11. The number of thioether (sulfide) groups is 1. The third-order valence-corrected chi connectivity index (χ3v) is 5.00. The van der Waals surface area contributed by atoms with Gasteiger partial charge >= 0.3 is 0 Å². The highest BCUT2D eigenvalue weighted by molar-refractivity contribution is 7.99. The van der Waals surface area contributed by atoms with E-state index in [0.717, 1.165) is 11.4 Å². The Labute approximate surface area is 172 Å². The molecule has 1 aromatic carbocycles. The lowest BCUT2D eigenvalue weighted by atomic mass is 10.2. The lowest BCUT2D eigenvalue weighted by molar-refractivity contribution is -0.113. The fourth-order valence-corrected chi connectivity index (χ4v) is 3.36. The largest absolute Gasteiger partial charge is 0.380 e. The van der Waals surface area contributed by atoms with E-state index in [1.807, 2.05) is 23.6 Å². The first kappa shape index (κ1) is 20.3. The minimum Gasteiger partial charge on any atom is -0.380 e. The van der Waals surface area contributed by atoms with Crippen LogP contribution in [0.2, 0.25) is 5.02 Å². The SMILES string of the molecule is CCOCCn1c(SCC(=O)Nc2ccc(Cl)cc2)nnc1-c1ccncc1. The van der Waals surface area contributed by atoms with Crippen LogP contribution in [0.1, 0.15) is 6.92 Å². The van der Waals surface area contributed by atoms with Crippen LogP contribution in [0.15, 0.2) is 53.9 Å². The molecule has 0 aliphatic rings. The van der Waals surface area contributed by atoms with Gasteiger partial charge in [-0.15, -0.1) is 10.2 Å². The van der Waals surface area contributed by atoms with Crippen LogP contribution >= 0.6 is 23.4 Å². The summed E-state index contributed by atoms with van der Waals surface area (Å²) in [6.07, 6.45) is 3.42. The molecule has 146 valence electrons. The Morgan fingerprint density at radius 2 is 1.93 bits per heavy atom. The smallest absolute Gasteiger partial charge is 0.234 e. The number of pyridine rings is 1. The molecule has 3 aromatic rings. The Bertz CT molecular complexity index is 902. The number of halogens is 1. The lowest BCUT2D eigenvalue weighted by Crippen LogP contribution is -2.15. The van der Waals surface area contributed by atoms with E-state index in [4.69, 9.17) is 16.3 Å². The van der Waals surface area contributed by atoms with Crippen LogP contribution in [-0.2, 0) is 16.1 Å². The standard InChI is InChI=1S/C19H20ClN5O2S/c1-2-27-12-11-25-18(14-7-9-21-10-8-14)23-24-19(25)28-13-17(26)22-16-5-3-15(20)4-6-16/h3-10H,2,11-13H2,1H3,(H,22,26). The van der Waals surface area contributed by atoms with Crippen LogP contribution in [-0.4, -0.2) is 44.6 Å². The molecule has 28 heavy (non-hydrogen) atoms. The second-order valence-electron chi connectivity index (χ2n) is 5.73. The van der Waals surface area contributed by atoms with E-state index in [9.17, 15) is 4.79 Å². The third kappa shape index (κ3) is 5.54. The fraction of sp³-hybridized carbons (Fsp3) is 0.263. The van der Waals surface area contributed by atoms with Crippen LogP contribution in [0, 0.1) is 0 Å². The maximum atomic E-state index is 12.3. The fourth-order valence-electron chi connectivity index (χ4n) is 2.47. The molecule has 0 radical (unpaired) electrons. The maximum Gasteiger partial charge on any atom is 0.234 e. The van der Waals surface area contributed by atoms with Gasteiger partial charge in [0.1, 0.15) is 0 Å². The number of nitrogens with one attached hydrogen (secondary N) is 1. The van der Waals surface area contributed by atoms with Crippen molar-refractivity contribution >= 4 is 35.0 Å². The minimum atomic E-state index is -0.128. The Morgan fingerprint density at radius 3 is 2.64 bits per heavy atom. The molecule has 0 bridgehead atoms. The number of rotatable bonds is 9. The van der Waals surface area contributed by atoms with Crippen molar-refractivity contribution in [2.45, 2.75) is 18.6 Å². The predicted octanol–water partition coefficient (Wildman–Crippen LogP) is 3.76. The van der Waals surface area contributed by atoms with Crippen LogP contribution in [0.3, 0.4) is 0 Å². The van der Waals surface area contributed by atoms with Gasteiger partial charge in [0.25, 0.3) is 0 Å². The number of benzene rings is 1. The summed E-state index contributed by atoms with van der Waals surface area (Å²) in [4.78, 5) is 16.3. The summed E-state index contributed by atoms with van der Waals surface area (Å²) in [5, 5.41) is 12.7. The predicted molar refractivity (Wildman–Crippen MR) is 111 cm³/mol. The van der Waals surface area contributed by atoms with Crippen LogP contribution in [0.4, 0.5) is 5.69 Å². The molecule has 1 N–H and O–H groups in total. The third-order valence-electron chi connectivity index (χ3n) is 3.78. The molecule has 2 heterocycles. The van der Waals surface area contributed by atoms with Gasteiger partial charge in [-0.3, -0.25) is 14.3 Å². The van der Waals surface area contributed by atoms with Crippen molar-refractivity contribution in [2.75, 3.05) is 24.3 Å². The van der Waals surface area contributed by atoms with Crippen LogP contribution in [0.25, 0.3) is 11.4 Å². The van der Waals surface area contributed by atoms with E-state index in [0.29, 0.717) is 35.6 Å². The average molecular weight is 418 g/mol. The molecule has 0 spiro atoms. The van der Waals surface area contributed by atoms with Crippen molar-refractivity contribution in [1.82, 2.24) is 19.7 Å². The average Bonchev–Trinajstić information content (AvgIpc) is 3.12. The number of amides is 1. The van der Waals surface area contributed by atoms with Gasteiger partial charge in [-0.25, -0.2) is 0 Å². The summed E-state index contributed by atoms with van der Waals surface area (Å²) in [5.41, 5.74) is 1.61. The Kier molecular flexibility index (Phi) is 7.41. The van der Waals surface area contributed by atoms with E-state index >= 15 is 0 Å². The van der Waals surface area contributed by atoms with E-state index in [2.05, 4.69) is 20.5 Å². The van der Waals surface area contributed by atoms with Crippen molar-refractivity contribution < 1.29 is 9.53 Å². The van der Waals surface area contributed by atoms with E-state index < -0.39 is 0 Å². The number of hydrogen-bond acceptors (Lipinski definition) is 6. The molecular formula is C19H20ClN5O2S. The van der Waals surface area contributed by atoms with Crippen molar-refractivity contribution in [3.63, 3.8) is 0 Å². The monoisotopic (exact) mass is 417 g/mol. The number of carbonyl (C=O) groups excluding carboxylic acids is 1. The van der Waals surface area contributed by atoms with Gasteiger partial charge in [0.15, 0.2) is 11.0 Å². The van der Waals surface area contributed by atoms with Crippen LogP contribution < -0.4 is 5.32 Å². The highest BCUT2D eigenvalue weighted by Crippen LogP contribution is 2.24. The molecule has 7 nitrogen and oxygen atoms in total. The number of aromatic nitrogens is 4. The molecular weight excluding hydrogens is 398 g/mol. The van der Waals surface area contributed by atoms with Crippen molar-refractivity contribution in [2.24, 2.45) is 0 Å². The summed E-state index contributed by atoms with van der Waals surface area (Å²) in [6, 6.07) is 10.7. The van der Waals surface area contributed by atoms with E-state index in [-0.39, 0.29) is 11.7 Å². The molecule has 0 atom stereocenters. The molecule has 0 saturated heterocycles. The molecule has 2 aromatic heterocycles. The van der Waals surface area contributed by atoms with Crippen molar-refractivity contribution in [1.29, 1.82) is 0 Å². The first-order chi connectivity index (χ1) is 13.7. The normalized spacial score (nSPS) is 10.8. The Hall–Kier alpha value is -2.42. The van der Waals surface area contributed by atoms with E-state index in [1.54, 1.807) is 36.7 Å². The van der Waals surface area contributed by atoms with Crippen molar-refractivity contribution in [3.8, 4) is 11.4 Å². The molecule has 9 heteroatoms. The summed E-state index contributed by atoms with van der Waals surface area (Å²) in [7, 11) is 0. The summed E-state index contributed by atoms with van der Waals surface area (Å²) in [6.45, 7) is 3.72. The number of anilines is 1. The first-order valence-electron chi connectivity index (χ1n) is 8.77. The summed E-state index contributed by atoms with van der Waals surface area (Å²) < 4.78 is 7.44. The Balaban J connectivity index is 1.69. The lowest BCUT2D eigenvalue weighted by Gasteiger charge is -2.10. The zero-order chi connectivity index (χ0) is 19.8. The number of nitrogens with zero attached hydrogens (tertiary/aromatic N) is 4. The van der Waals surface area contributed by atoms with Crippen molar-refractivity contribution in [3.05, 3.63) is 53.8 Å². The van der Waals surface area contributed by atoms with Gasteiger partial charge in [-0.2, -0.15) is 0 Å². The van der Waals surface area contributed by atoms with Gasteiger partial charge in [-0.1, -0.05) is 23.4 Å².